The summed E-state index contributed by atoms with van der Waals surface area (Å²) in [5.74, 6) is -1.16. The lowest BCUT2D eigenvalue weighted by atomic mass is 9.44. The number of aliphatic hydroxyl groups is 1. The fourth-order valence-corrected chi connectivity index (χ4v) is 9.09. The van der Waals surface area contributed by atoms with Crippen LogP contribution in [0.4, 0.5) is 4.39 Å². The Labute approximate surface area is 236 Å². The topological polar surface area (TPSA) is 80.7 Å². The van der Waals surface area contributed by atoms with Crippen LogP contribution in [0.3, 0.4) is 0 Å². The maximum atomic E-state index is 14.7. The number of aliphatic hydroxyl groups excluding tert-OH is 1. The summed E-state index contributed by atoms with van der Waals surface area (Å²) in [6.07, 6.45) is 4.41. The lowest BCUT2D eigenvalue weighted by Gasteiger charge is -2.61. The Kier molecular flexibility index (Phi) is 8.06. The van der Waals surface area contributed by atoms with Gasteiger partial charge in [0, 0.05) is 33.6 Å². The third-order valence-corrected chi connectivity index (χ3v) is 12.2. The molecule has 5 nitrogen and oxygen atoms in total. The predicted molar refractivity (Wildman–Crippen MR) is 150 cm³/mol. The van der Waals surface area contributed by atoms with Gasteiger partial charge in [0.05, 0.1) is 15.4 Å². The van der Waals surface area contributed by atoms with Crippen molar-refractivity contribution in [1.82, 2.24) is 0 Å². The molecule has 0 amide bonds. The maximum absolute atomic E-state index is 14.7. The molecule has 1 aromatic rings. The van der Waals surface area contributed by atoms with Crippen LogP contribution in [0.15, 0.2) is 29.7 Å². The molecule has 0 heterocycles. The van der Waals surface area contributed by atoms with Crippen LogP contribution in [0, 0.1) is 43.4 Å². The van der Waals surface area contributed by atoms with E-state index in [2.05, 4.69) is 27.4 Å². The fraction of sp³-hybridized carbons (Fsp3) is 0.621. The largest absolute Gasteiger partial charge is 0.461 e. The van der Waals surface area contributed by atoms with Crippen LogP contribution in [0.5, 0.6) is 0 Å². The van der Waals surface area contributed by atoms with E-state index in [0.717, 1.165) is 31.0 Å². The first-order valence-electron chi connectivity index (χ1n) is 13.0. The van der Waals surface area contributed by atoms with Crippen molar-refractivity contribution in [1.29, 1.82) is 0 Å². The van der Waals surface area contributed by atoms with Crippen LogP contribution < -0.4 is 0 Å². The third kappa shape index (κ3) is 4.52. The average molecular weight is 643 g/mol. The summed E-state index contributed by atoms with van der Waals surface area (Å²) < 4.78 is 21.2. The summed E-state index contributed by atoms with van der Waals surface area (Å²) >= 11 is 2.81. The van der Waals surface area contributed by atoms with Crippen LogP contribution in [-0.4, -0.2) is 41.1 Å². The Balaban J connectivity index is 1.66. The quantitative estimate of drug-likeness (QED) is 0.130. The second kappa shape index (κ2) is 10.4. The van der Waals surface area contributed by atoms with Gasteiger partial charge >= 0.3 is 5.97 Å². The standard InChI is InChI=1S/C29H36FIO5S/c1-6-27(4)13-21(36-22(34)15-37-20-8-7-18(14-32)24(31)23(20)30)28(5)16(2)9-11-29(17(3)26(27)35)12-10-19(33)25(28)29/h6-8,14,16-17,21,25-26,35H,1,9-13,15H2,2-5H3/t16-,17+,21-,25+,26+,27-,28+,29+/m1/s1. The summed E-state index contributed by atoms with van der Waals surface area (Å²) in [6, 6.07) is 3.03. The number of aldehydes is 1. The molecule has 3 fully saturated rings. The molecule has 0 saturated heterocycles. The number of esters is 1. The molecule has 4 rings (SSSR count). The lowest BCUT2D eigenvalue weighted by Crippen LogP contribution is -2.63. The third-order valence-electron chi connectivity index (χ3n) is 10.1. The van der Waals surface area contributed by atoms with Crippen molar-refractivity contribution in [2.24, 2.45) is 34.0 Å². The van der Waals surface area contributed by atoms with Crippen molar-refractivity contribution in [3.63, 3.8) is 0 Å². The number of carbonyl (C=O) groups is 3. The molecule has 0 spiro atoms. The lowest BCUT2D eigenvalue weighted by molar-refractivity contribution is -0.205. The van der Waals surface area contributed by atoms with E-state index in [9.17, 15) is 23.9 Å². The highest BCUT2D eigenvalue weighted by Crippen LogP contribution is 2.68. The highest BCUT2D eigenvalue weighted by atomic mass is 127. The summed E-state index contributed by atoms with van der Waals surface area (Å²) in [6.45, 7) is 12.3. The first-order chi connectivity index (χ1) is 17.4. The highest BCUT2D eigenvalue weighted by molar-refractivity contribution is 14.1. The van der Waals surface area contributed by atoms with Crippen molar-refractivity contribution >= 4 is 52.4 Å². The van der Waals surface area contributed by atoms with E-state index in [1.807, 2.05) is 6.92 Å². The Hall–Kier alpha value is -1.26. The van der Waals surface area contributed by atoms with Gasteiger partial charge in [0.15, 0.2) is 12.1 Å². The maximum Gasteiger partial charge on any atom is 0.316 e. The van der Waals surface area contributed by atoms with Crippen LogP contribution in [0.2, 0.25) is 0 Å². The van der Waals surface area contributed by atoms with Crippen molar-refractivity contribution in [3.05, 3.63) is 39.7 Å². The number of halogens is 2. The number of rotatable bonds is 6. The van der Waals surface area contributed by atoms with E-state index in [-0.39, 0.29) is 48.7 Å². The molecular weight excluding hydrogens is 606 g/mol. The van der Waals surface area contributed by atoms with Crippen LogP contribution in [0.1, 0.15) is 70.2 Å². The van der Waals surface area contributed by atoms with Crippen LogP contribution >= 0.6 is 34.4 Å². The summed E-state index contributed by atoms with van der Waals surface area (Å²) in [5, 5.41) is 11.6. The zero-order valence-corrected chi connectivity index (χ0v) is 24.9. The number of ether oxygens (including phenoxy) is 1. The van der Waals surface area contributed by atoms with Crippen molar-refractivity contribution in [2.75, 3.05) is 5.75 Å². The van der Waals surface area contributed by atoms with Gasteiger partial charge in [0.1, 0.15) is 11.9 Å². The Morgan fingerprint density at radius 3 is 2.68 bits per heavy atom. The zero-order valence-electron chi connectivity index (χ0n) is 21.9. The molecule has 3 saturated carbocycles. The van der Waals surface area contributed by atoms with Gasteiger partial charge in [-0.3, -0.25) is 14.4 Å². The molecule has 8 heteroatoms. The van der Waals surface area contributed by atoms with Gasteiger partial charge in [0.2, 0.25) is 0 Å². The molecule has 2 bridgehead atoms. The van der Waals surface area contributed by atoms with Crippen LogP contribution in [0.25, 0.3) is 0 Å². The fourth-order valence-electron chi connectivity index (χ4n) is 7.58. The number of hydrogen-bond acceptors (Lipinski definition) is 6. The number of hydrogen-bond donors (Lipinski definition) is 1. The first-order valence-corrected chi connectivity index (χ1v) is 15.0. The molecule has 3 aliphatic rings. The number of thioether (sulfide) groups is 1. The molecule has 0 aliphatic heterocycles. The van der Waals surface area contributed by atoms with Crippen molar-refractivity contribution in [3.8, 4) is 0 Å². The molecular formula is C29H36FIO5S. The molecule has 1 N–H and O–H groups in total. The second-order valence-corrected chi connectivity index (χ2v) is 13.8. The number of Topliss-reactive ketones (excluding diaryl/α,β-unsaturated/α-hetero) is 1. The highest BCUT2D eigenvalue weighted by Gasteiger charge is 2.68. The van der Waals surface area contributed by atoms with Gasteiger partial charge in [-0.25, -0.2) is 4.39 Å². The van der Waals surface area contributed by atoms with Gasteiger partial charge in [0.25, 0.3) is 0 Å². The number of carbonyl (C=O) groups excluding carboxylic acids is 3. The Morgan fingerprint density at radius 1 is 1.32 bits per heavy atom. The van der Waals surface area contributed by atoms with Gasteiger partial charge in [-0.15, -0.1) is 18.3 Å². The van der Waals surface area contributed by atoms with E-state index >= 15 is 0 Å². The SMILES string of the molecule is C=C[C@]1(C)C[C@@H](OC(=O)CSc2ccc(C=O)c(I)c2F)[C@]2(C)[C@H](C)CC[C@]3(CCC(=O)[C@H]32)[C@@H](C)[C@@H]1O. The minimum Gasteiger partial charge on any atom is -0.461 e. The zero-order chi connectivity index (χ0) is 27.3. The Bertz CT molecular complexity index is 1130. The van der Waals surface area contributed by atoms with E-state index in [1.54, 1.807) is 28.7 Å². The van der Waals surface area contributed by atoms with E-state index < -0.39 is 34.8 Å². The smallest absolute Gasteiger partial charge is 0.316 e. The second-order valence-electron chi connectivity index (χ2n) is 11.8. The normalized spacial score (nSPS) is 39.3. The van der Waals surface area contributed by atoms with E-state index in [1.165, 1.54) is 12.1 Å². The average Bonchev–Trinajstić information content (AvgIpc) is 3.23. The minimum absolute atomic E-state index is 0.0919. The van der Waals surface area contributed by atoms with E-state index in [4.69, 9.17) is 4.74 Å². The molecule has 202 valence electrons. The molecule has 0 unspecified atom stereocenters. The number of benzene rings is 1. The summed E-state index contributed by atoms with van der Waals surface area (Å²) in [4.78, 5) is 38.1. The van der Waals surface area contributed by atoms with Gasteiger partial charge in [-0.05, 0) is 77.7 Å². The molecule has 0 aromatic heterocycles. The van der Waals surface area contributed by atoms with Gasteiger partial charge in [-0.1, -0.05) is 33.8 Å². The molecule has 0 radical (unpaired) electrons. The summed E-state index contributed by atoms with van der Waals surface area (Å²) in [5.41, 5.74) is -1.36. The van der Waals surface area contributed by atoms with Gasteiger partial charge in [-0.2, -0.15) is 0 Å². The van der Waals surface area contributed by atoms with Crippen molar-refractivity contribution < 1.29 is 28.6 Å². The monoisotopic (exact) mass is 642 g/mol. The molecule has 37 heavy (non-hydrogen) atoms. The summed E-state index contributed by atoms with van der Waals surface area (Å²) in [7, 11) is 0. The molecule has 8 atom stereocenters. The number of ketones is 1. The molecule has 1 aromatic carbocycles. The molecule has 3 aliphatic carbocycles. The van der Waals surface area contributed by atoms with E-state index in [0.29, 0.717) is 19.1 Å². The predicted octanol–water partition coefficient (Wildman–Crippen LogP) is 6.24. The minimum atomic E-state index is -0.723. The van der Waals surface area contributed by atoms with Crippen LogP contribution in [-0.2, 0) is 14.3 Å². The van der Waals surface area contributed by atoms with Crippen molar-refractivity contribution in [2.45, 2.75) is 76.9 Å². The Morgan fingerprint density at radius 2 is 2.03 bits per heavy atom. The first kappa shape index (κ1) is 28.7. The van der Waals surface area contributed by atoms with Gasteiger partial charge < -0.3 is 9.84 Å².